The maximum Gasteiger partial charge on any atom is 0.242 e. The van der Waals surface area contributed by atoms with Crippen LogP contribution >= 0.6 is 0 Å². The lowest BCUT2D eigenvalue weighted by Crippen LogP contribution is -2.58. The van der Waals surface area contributed by atoms with Crippen LogP contribution in [0, 0.1) is 11.8 Å². The molecule has 3 fully saturated rings. The van der Waals surface area contributed by atoms with Crippen molar-refractivity contribution in [2.45, 2.75) is 76.4 Å². The van der Waals surface area contributed by atoms with Crippen molar-refractivity contribution in [2.75, 3.05) is 33.3 Å². The Kier molecular flexibility index (Phi) is 8.84. The van der Waals surface area contributed by atoms with Crippen molar-refractivity contribution in [3.63, 3.8) is 0 Å². The molecular formula is C27H42N4O3. The summed E-state index contributed by atoms with van der Waals surface area (Å²) in [5.41, 5.74) is 6.87. The van der Waals surface area contributed by atoms with E-state index in [1.807, 2.05) is 17.0 Å². The molecule has 2 atom stereocenters. The van der Waals surface area contributed by atoms with Crippen LogP contribution in [0.15, 0.2) is 24.3 Å². The highest BCUT2D eigenvalue weighted by Gasteiger charge is 2.43. The number of hydrogen-bond acceptors (Lipinski definition) is 5. The van der Waals surface area contributed by atoms with Crippen LogP contribution in [0.1, 0.15) is 63.4 Å². The van der Waals surface area contributed by atoms with Gasteiger partial charge < -0.3 is 20.7 Å². The number of methoxy groups -OCH3 is 1. The first-order chi connectivity index (χ1) is 16.6. The molecule has 2 saturated carbocycles. The van der Waals surface area contributed by atoms with Gasteiger partial charge in [0.05, 0.1) is 7.11 Å². The quantitative estimate of drug-likeness (QED) is 0.549. The molecule has 1 aliphatic heterocycles. The highest BCUT2D eigenvalue weighted by molar-refractivity contribution is 5.89. The van der Waals surface area contributed by atoms with E-state index < -0.39 is 6.04 Å². The molecule has 3 aliphatic rings. The normalized spacial score (nSPS) is 23.7. The van der Waals surface area contributed by atoms with Crippen molar-refractivity contribution in [1.82, 2.24) is 15.1 Å². The van der Waals surface area contributed by atoms with E-state index in [-0.39, 0.29) is 23.8 Å². The van der Waals surface area contributed by atoms with E-state index in [0.717, 1.165) is 38.1 Å². The lowest BCUT2D eigenvalue weighted by Gasteiger charge is -2.44. The standard InChI is InChI=1S/C27H42N4O3/c1-34-24-9-5-8-21(16-24)19-30(18-20-6-3-2-4-7-20)23-12-15-31(27(33)22-10-11-22)25(17-23)26(32)29-14-13-28/h5,8-9,16,20,22-23,25H,2-4,6-7,10-15,17-19,28H2,1H3,(H,29,32)/t23?,25-/m1/s1. The molecule has 0 bridgehead atoms. The number of nitrogens with two attached hydrogens (primary N) is 1. The van der Waals surface area contributed by atoms with Crippen LogP contribution in [0.2, 0.25) is 0 Å². The summed E-state index contributed by atoms with van der Waals surface area (Å²) in [5.74, 6) is 1.81. The molecule has 7 nitrogen and oxygen atoms in total. The average Bonchev–Trinajstić information content (AvgIpc) is 3.72. The fraction of sp³-hybridized carbons (Fsp3) is 0.704. The molecule has 4 rings (SSSR count). The van der Waals surface area contributed by atoms with Gasteiger partial charge in [0.25, 0.3) is 0 Å². The summed E-state index contributed by atoms with van der Waals surface area (Å²) in [6, 6.07) is 8.17. The van der Waals surface area contributed by atoms with Gasteiger partial charge in [-0.15, -0.1) is 0 Å². The second-order valence-electron chi connectivity index (χ2n) is 10.4. The number of rotatable bonds is 10. The number of carbonyl (C=O) groups is 2. The second kappa shape index (κ2) is 12.0. The molecule has 1 heterocycles. The van der Waals surface area contributed by atoms with Crippen LogP contribution in [-0.4, -0.2) is 67.0 Å². The van der Waals surface area contributed by atoms with Gasteiger partial charge in [-0.05, 0) is 62.1 Å². The SMILES string of the molecule is COc1cccc(CN(CC2CCCCC2)C2CCN(C(=O)C3CC3)[C@@H](C(=O)NCCN)C2)c1. The zero-order valence-electron chi connectivity index (χ0n) is 20.7. The van der Waals surface area contributed by atoms with E-state index in [2.05, 4.69) is 22.3 Å². The highest BCUT2D eigenvalue weighted by atomic mass is 16.5. The lowest BCUT2D eigenvalue weighted by atomic mass is 9.87. The number of piperidine rings is 1. The van der Waals surface area contributed by atoms with E-state index in [4.69, 9.17) is 10.5 Å². The van der Waals surface area contributed by atoms with Crippen LogP contribution in [0.4, 0.5) is 0 Å². The van der Waals surface area contributed by atoms with E-state index in [1.54, 1.807) is 7.11 Å². The number of benzene rings is 1. The Hall–Kier alpha value is -2.12. The zero-order valence-corrected chi connectivity index (χ0v) is 20.7. The van der Waals surface area contributed by atoms with E-state index in [0.29, 0.717) is 32.0 Å². The van der Waals surface area contributed by atoms with Gasteiger partial charge in [-0.1, -0.05) is 31.4 Å². The first-order valence-electron chi connectivity index (χ1n) is 13.2. The van der Waals surface area contributed by atoms with Gasteiger partial charge in [0, 0.05) is 44.7 Å². The largest absolute Gasteiger partial charge is 0.497 e. The molecule has 34 heavy (non-hydrogen) atoms. The summed E-state index contributed by atoms with van der Waals surface area (Å²) in [6.45, 7) is 3.39. The molecular weight excluding hydrogens is 428 g/mol. The van der Waals surface area contributed by atoms with E-state index >= 15 is 0 Å². The molecule has 188 valence electrons. The first kappa shape index (κ1) is 25.0. The molecule has 0 aromatic heterocycles. The third kappa shape index (κ3) is 6.51. The van der Waals surface area contributed by atoms with Gasteiger partial charge in [0.2, 0.25) is 11.8 Å². The molecule has 1 unspecified atom stereocenters. The highest BCUT2D eigenvalue weighted by Crippen LogP contribution is 2.35. The van der Waals surface area contributed by atoms with Crippen molar-refractivity contribution in [3.8, 4) is 5.75 Å². The third-order valence-corrected chi connectivity index (χ3v) is 7.78. The predicted octanol–water partition coefficient (Wildman–Crippen LogP) is 2.92. The van der Waals surface area contributed by atoms with Crippen LogP contribution in [-0.2, 0) is 16.1 Å². The van der Waals surface area contributed by atoms with Crippen molar-refractivity contribution < 1.29 is 14.3 Å². The third-order valence-electron chi connectivity index (χ3n) is 7.78. The Morgan fingerprint density at radius 1 is 1.15 bits per heavy atom. The number of amides is 2. The molecule has 1 saturated heterocycles. The van der Waals surface area contributed by atoms with Crippen molar-refractivity contribution in [1.29, 1.82) is 0 Å². The average molecular weight is 471 g/mol. The molecule has 2 amide bonds. The van der Waals surface area contributed by atoms with Crippen LogP contribution in [0.25, 0.3) is 0 Å². The van der Waals surface area contributed by atoms with Gasteiger partial charge in [0.1, 0.15) is 11.8 Å². The van der Waals surface area contributed by atoms with Gasteiger partial charge >= 0.3 is 0 Å². The van der Waals surface area contributed by atoms with E-state index in [9.17, 15) is 9.59 Å². The van der Waals surface area contributed by atoms with Gasteiger partial charge in [-0.2, -0.15) is 0 Å². The molecule has 1 aromatic rings. The maximum absolute atomic E-state index is 13.1. The van der Waals surface area contributed by atoms with E-state index in [1.165, 1.54) is 37.7 Å². The fourth-order valence-electron chi connectivity index (χ4n) is 5.72. The van der Waals surface area contributed by atoms with Gasteiger partial charge in [-0.3, -0.25) is 14.5 Å². The Morgan fingerprint density at radius 3 is 2.65 bits per heavy atom. The van der Waals surface area contributed by atoms with Crippen LogP contribution in [0.5, 0.6) is 5.75 Å². The number of ether oxygens (including phenoxy) is 1. The number of nitrogens with zero attached hydrogens (tertiary/aromatic N) is 2. The molecule has 3 N–H and O–H groups in total. The number of carbonyl (C=O) groups excluding carboxylic acids is 2. The molecule has 2 aliphatic carbocycles. The van der Waals surface area contributed by atoms with Crippen molar-refractivity contribution >= 4 is 11.8 Å². The van der Waals surface area contributed by atoms with Crippen LogP contribution < -0.4 is 15.8 Å². The Labute approximate surface area is 204 Å². The summed E-state index contributed by atoms with van der Waals surface area (Å²) >= 11 is 0. The van der Waals surface area contributed by atoms with Gasteiger partial charge in [-0.25, -0.2) is 0 Å². The Morgan fingerprint density at radius 2 is 1.94 bits per heavy atom. The zero-order chi connectivity index (χ0) is 23.9. The number of hydrogen-bond donors (Lipinski definition) is 2. The molecule has 1 aromatic carbocycles. The number of nitrogens with one attached hydrogen (secondary N) is 1. The summed E-state index contributed by atoms with van der Waals surface area (Å²) in [5, 5.41) is 2.96. The first-order valence-corrected chi connectivity index (χ1v) is 13.2. The van der Waals surface area contributed by atoms with Crippen molar-refractivity contribution in [2.24, 2.45) is 17.6 Å². The predicted molar refractivity (Wildman–Crippen MR) is 133 cm³/mol. The maximum atomic E-state index is 13.1. The number of likely N-dealkylation sites (tertiary alicyclic amines) is 1. The van der Waals surface area contributed by atoms with Crippen molar-refractivity contribution in [3.05, 3.63) is 29.8 Å². The second-order valence-corrected chi connectivity index (χ2v) is 10.4. The molecule has 0 radical (unpaired) electrons. The summed E-state index contributed by atoms with van der Waals surface area (Å²) in [7, 11) is 1.70. The van der Waals surface area contributed by atoms with Gasteiger partial charge in [0.15, 0.2) is 0 Å². The fourth-order valence-corrected chi connectivity index (χ4v) is 5.72. The van der Waals surface area contributed by atoms with Crippen LogP contribution in [0.3, 0.4) is 0 Å². The molecule has 0 spiro atoms. The summed E-state index contributed by atoms with van der Waals surface area (Å²) < 4.78 is 5.46. The minimum absolute atomic E-state index is 0.0526. The topological polar surface area (TPSA) is 87.9 Å². The minimum atomic E-state index is -0.405. The lowest BCUT2D eigenvalue weighted by molar-refractivity contribution is -0.144. The molecule has 7 heteroatoms. The Balaban J connectivity index is 1.52. The monoisotopic (exact) mass is 470 g/mol. The minimum Gasteiger partial charge on any atom is -0.497 e. The smallest absolute Gasteiger partial charge is 0.242 e. The summed E-state index contributed by atoms with van der Waals surface area (Å²) in [4.78, 5) is 30.6. The summed E-state index contributed by atoms with van der Waals surface area (Å²) in [6.07, 6.45) is 10.1. The Bertz CT molecular complexity index is 822.